The molecule has 0 aliphatic carbocycles. The highest BCUT2D eigenvalue weighted by Gasteiger charge is 2.23. The van der Waals surface area contributed by atoms with Crippen molar-refractivity contribution < 1.29 is 4.79 Å². The van der Waals surface area contributed by atoms with Gasteiger partial charge in [0.1, 0.15) is 0 Å². The third-order valence-electron chi connectivity index (χ3n) is 2.67. The third kappa shape index (κ3) is 2.04. The van der Waals surface area contributed by atoms with Gasteiger partial charge in [-0.15, -0.1) is 0 Å². The standard InChI is InChI=1S/C13H16NO/c1-10(2)9-14-12-6-4-3-5-11(12)7-8-13(14)15/h3-6H,7-9H2,1-2H3. The zero-order valence-corrected chi connectivity index (χ0v) is 9.29. The second-order valence-electron chi connectivity index (χ2n) is 4.32. The van der Waals surface area contributed by atoms with Crippen molar-refractivity contribution in [1.82, 2.24) is 0 Å². The number of carbonyl (C=O) groups is 1. The van der Waals surface area contributed by atoms with Gasteiger partial charge in [0.2, 0.25) is 5.91 Å². The van der Waals surface area contributed by atoms with E-state index >= 15 is 0 Å². The third-order valence-corrected chi connectivity index (χ3v) is 2.67. The Kier molecular flexibility index (Phi) is 2.76. The quantitative estimate of drug-likeness (QED) is 0.721. The number of hydrogen-bond donors (Lipinski definition) is 0. The van der Waals surface area contributed by atoms with Crippen LogP contribution in [0.15, 0.2) is 24.3 Å². The maximum absolute atomic E-state index is 11.8. The monoisotopic (exact) mass is 202 g/mol. The molecule has 0 atom stereocenters. The molecule has 0 N–H and O–H groups in total. The van der Waals surface area contributed by atoms with Crippen molar-refractivity contribution >= 4 is 11.6 Å². The smallest absolute Gasteiger partial charge is 0.227 e. The highest BCUT2D eigenvalue weighted by Crippen LogP contribution is 2.28. The SMILES string of the molecule is C[C](C)CN1C(=O)CCc2ccccc21. The fourth-order valence-corrected chi connectivity index (χ4v) is 1.99. The minimum Gasteiger partial charge on any atom is -0.312 e. The average molecular weight is 202 g/mol. The van der Waals surface area contributed by atoms with E-state index < -0.39 is 0 Å². The van der Waals surface area contributed by atoms with Gasteiger partial charge in [-0.1, -0.05) is 32.0 Å². The molecular weight excluding hydrogens is 186 g/mol. The zero-order valence-electron chi connectivity index (χ0n) is 9.29. The van der Waals surface area contributed by atoms with E-state index in [2.05, 4.69) is 19.9 Å². The van der Waals surface area contributed by atoms with Crippen molar-refractivity contribution in [3.8, 4) is 0 Å². The van der Waals surface area contributed by atoms with E-state index in [0.29, 0.717) is 6.42 Å². The Morgan fingerprint density at radius 2 is 2.00 bits per heavy atom. The van der Waals surface area contributed by atoms with Gasteiger partial charge in [0.15, 0.2) is 0 Å². The largest absolute Gasteiger partial charge is 0.312 e. The number of carbonyl (C=O) groups excluding carboxylic acids is 1. The molecule has 1 amide bonds. The van der Waals surface area contributed by atoms with E-state index in [-0.39, 0.29) is 5.91 Å². The van der Waals surface area contributed by atoms with Crippen molar-refractivity contribution in [2.45, 2.75) is 26.7 Å². The Morgan fingerprint density at radius 3 is 2.73 bits per heavy atom. The summed E-state index contributed by atoms with van der Waals surface area (Å²) in [7, 11) is 0. The van der Waals surface area contributed by atoms with Gasteiger partial charge in [-0.25, -0.2) is 0 Å². The topological polar surface area (TPSA) is 20.3 Å². The van der Waals surface area contributed by atoms with Crippen molar-refractivity contribution in [1.29, 1.82) is 0 Å². The number of anilines is 1. The Labute approximate surface area is 90.9 Å². The van der Waals surface area contributed by atoms with Gasteiger partial charge < -0.3 is 4.90 Å². The average Bonchev–Trinajstić information content (AvgIpc) is 2.22. The van der Waals surface area contributed by atoms with Crippen LogP contribution in [0.3, 0.4) is 0 Å². The summed E-state index contributed by atoms with van der Waals surface area (Å²) in [6.07, 6.45) is 1.53. The van der Waals surface area contributed by atoms with Crippen LogP contribution in [0.1, 0.15) is 25.8 Å². The van der Waals surface area contributed by atoms with Crippen molar-refractivity contribution in [3.63, 3.8) is 0 Å². The lowest BCUT2D eigenvalue weighted by molar-refractivity contribution is -0.118. The van der Waals surface area contributed by atoms with Gasteiger partial charge in [0, 0.05) is 18.7 Å². The summed E-state index contributed by atoms with van der Waals surface area (Å²) in [5.74, 6) is 1.51. The Morgan fingerprint density at radius 1 is 1.27 bits per heavy atom. The number of rotatable bonds is 2. The van der Waals surface area contributed by atoms with Crippen molar-refractivity contribution in [3.05, 3.63) is 35.7 Å². The number of nitrogens with zero attached hydrogens (tertiary/aromatic N) is 1. The Bertz CT molecular complexity index is 371. The van der Waals surface area contributed by atoms with Crippen molar-refractivity contribution in [2.75, 3.05) is 11.4 Å². The van der Waals surface area contributed by atoms with Crippen LogP contribution in [-0.4, -0.2) is 12.5 Å². The van der Waals surface area contributed by atoms with Crippen molar-refractivity contribution in [2.24, 2.45) is 0 Å². The lowest BCUT2D eigenvalue weighted by atomic mass is 10.00. The lowest BCUT2D eigenvalue weighted by Crippen LogP contribution is -2.37. The van der Waals surface area contributed by atoms with Crippen LogP contribution in [0, 0.1) is 5.92 Å². The van der Waals surface area contributed by atoms with Crippen LogP contribution in [0.5, 0.6) is 0 Å². The predicted molar refractivity (Wildman–Crippen MR) is 61.7 cm³/mol. The predicted octanol–water partition coefficient (Wildman–Crippen LogP) is 2.58. The van der Waals surface area contributed by atoms with Gasteiger partial charge in [0.25, 0.3) is 0 Å². The normalized spacial score (nSPS) is 15.7. The molecule has 0 unspecified atom stereocenters. The van der Waals surface area contributed by atoms with Gasteiger partial charge in [-0.05, 0) is 24.0 Å². The summed E-state index contributed by atoms with van der Waals surface area (Å²) >= 11 is 0. The van der Waals surface area contributed by atoms with Crippen LogP contribution in [-0.2, 0) is 11.2 Å². The molecule has 1 aliphatic heterocycles. The molecule has 1 aliphatic rings. The van der Waals surface area contributed by atoms with Gasteiger partial charge in [-0.3, -0.25) is 4.79 Å². The zero-order chi connectivity index (χ0) is 10.8. The molecule has 79 valence electrons. The molecule has 1 aromatic carbocycles. The lowest BCUT2D eigenvalue weighted by Gasteiger charge is -2.30. The minimum atomic E-state index is 0.245. The number of para-hydroxylation sites is 1. The van der Waals surface area contributed by atoms with E-state index in [1.54, 1.807) is 0 Å². The molecule has 1 aromatic rings. The molecule has 0 spiro atoms. The Balaban J connectivity index is 2.33. The molecule has 1 radical (unpaired) electrons. The fraction of sp³-hybridized carbons (Fsp3) is 0.385. The van der Waals surface area contributed by atoms with Gasteiger partial charge >= 0.3 is 0 Å². The summed E-state index contributed by atoms with van der Waals surface area (Å²) in [5.41, 5.74) is 2.38. The van der Waals surface area contributed by atoms with Crippen LogP contribution < -0.4 is 4.90 Å². The van der Waals surface area contributed by atoms with Crippen LogP contribution in [0.25, 0.3) is 0 Å². The molecule has 0 bridgehead atoms. The first-order chi connectivity index (χ1) is 7.18. The summed E-state index contributed by atoms with van der Waals surface area (Å²) in [5, 5.41) is 0. The van der Waals surface area contributed by atoms with Crippen LogP contribution in [0.4, 0.5) is 5.69 Å². The van der Waals surface area contributed by atoms with Gasteiger partial charge in [0.05, 0.1) is 0 Å². The van der Waals surface area contributed by atoms with E-state index in [0.717, 1.165) is 18.7 Å². The fourth-order valence-electron chi connectivity index (χ4n) is 1.99. The highest BCUT2D eigenvalue weighted by molar-refractivity contribution is 5.96. The first-order valence-corrected chi connectivity index (χ1v) is 5.36. The molecule has 0 aromatic heterocycles. The highest BCUT2D eigenvalue weighted by atomic mass is 16.2. The number of aryl methyl sites for hydroxylation is 1. The summed E-state index contributed by atoms with van der Waals surface area (Å²) in [4.78, 5) is 13.7. The molecule has 0 fully saturated rings. The molecule has 0 saturated heterocycles. The minimum absolute atomic E-state index is 0.245. The molecule has 0 saturated carbocycles. The van der Waals surface area contributed by atoms with E-state index in [4.69, 9.17) is 0 Å². The first kappa shape index (κ1) is 10.2. The maximum Gasteiger partial charge on any atom is 0.227 e. The molecule has 2 rings (SSSR count). The molecule has 1 heterocycles. The number of amides is 1. The maximum atomic E-state index is 11.8. The molecule has 15 heavy (non-hydrogen) atoms. The molecule has 2 nitrogen and oxygen atoms in total. The van der Waals surface area contributed by atoms with E-state index in [1.165, 1.54) is 11.5 Å². The number of hydrogen-bond acceptors (Lipinski definition) is 1. The summed E-state index contributed by atoms with van der Waals surface area (Å²) < 4.78 is 0. The van der Waals surface area contributed by atoms with Crippen LogP contribution in [0.2, 0.25) is 0 Å². The van der Waals surface area contributed by atoms with E-state index in [1.807, 2.05) is 23.1 Å². The van der Waals surface area contributed by atoms with Gasteiger partial charge in [-0.2, -0.15) is 0 Å². The number of fused-ring (bicyclic) bond motifs is 1. The summed E-state index contributed by atoms with van der Waals surface area (Å²) in [6, 6.07) is 8.18. The summed E-state index contributed by atoms with van der Waals surface area (Å²) in [6.45, 7) is 4.87. The second kappa shape index (κ2) is 4.05. The molecular formula is C13H16NO. The second-order valence-corrected chi connectivity index (χ2v) is 4.32. The first-order valence-electron chi connectivity index (χ1n) is 5.36. The van der Waals surface area contributed by atoms with E-state index in [9.17, 15) is 4.79 Å². The molecule has 2 heteroatoms. The Hall–Kier alpha value is -1.31. The van der Waals surface area contributed by atoms with Crippen LogP contribution >= 0.6 is 0 Å². The number of benzene rings is 1.